The summed E-state index contributed by atoms with van der Waals surface area (Å²) in [6.45, 7) is 0. The second-order valence-corrected chi connectivity index (χ2v) is 13.1. The molecule has 0 bridgehead atoms. The van der Waals surface area contributed by atoms with E-state index in [4.69, 9.17) is 19.4 Å². The van der Waals surface area contributed by atoms with Crippen LogP contribution in [0.4, 0.5) is 0 Å². The van der Waals surface area contributed by atoms with Crippen LogP contribution in [0.3, 0.4) is 0 Å². The third kappa shape index (κ3) is 3.62. The van der Waals surface area contributed by atoms with Gasteiger partial charge >= 0.3 is 0 Å². The Balaban J connectivity index is 1.19. The summed E-state index contributed by atoms with van der Waals surface area (Å²) in [4.78, 5) is 15.5. The minimum absolute atomic E-state index is 0.445. The van der Waals surface area contributed by atoms with Gasteiger partial charge in [-0.2, -0.15) is 0 Å². The lowest BCUT2D eigenvalue weighted by atomic mass is 9.70. The first kappa shape index (κ1) is 27.3. The molecule has 0 atom stereocenters. The molecule has 0 fully saturated rings. The van der Waals surface area contributed by atoms with Crippen LogP contribution in [0, 0.1) is 0 Å². The molecule has 9 aromatic rings. The Morgan fingerprint density at radius 3 is 1.66 bits per heavy atom. The van der Waals surface area contributed by atoms with Crippen LogP contribution in [-0.4, -0.2) is 15.0 Å². The molecule has 7 aromatic carbocycles. The van der Waals surface area contributed by atoms with E-state index in [1.165, 1.54) is 44.5 Å². The zero-order valence-electron chi connectivity index (χ0n) is 26.8. The van der Waals surface area contributed by atoms with E-state index in [1.807, 2.05) is 36.4 Å². The van der Waals surface area contributed by atoms with Gasteiger partial charge in [-0.1, -0.05) is 146 Å². The molecule has 2 aliphatic carbocycles. The number of aromatic nitrogens is 3. The molecule has 0 amide bonds. The molecule has 0 saturated carbocycles. The summed E-state index contributed by atoms with van der Waals surface area (Å²) in [5.74, 6) is 1.87. The van der Waals surface area contributed by atoms with Crippen molar-refractivity contribution in [1.82, 2.24) is 15.0 Å². The fraction of sp³-hybridized carbons (Fsp3) is 0.0217. The topological polar surface area (TPSA) is 51.8 Å². The van der Waals surface area contributed by atoms with Gasteiger partial charge in [0.2, 0.25) is 0 Å². The highest BCUT2D eigenvalue weighted by Crippen LogP contribution is 2.63. The zero-order valence-corrected chi connectivity index (χ0v) is 26.8. The average molecular weight is 638 g/mol. The highest BCUT2D eigenvalue weighted by atomic mass is 16.3. The van der Waals surface area contributed by atoms with Crippen molar-refractivity contribution in [2.45, 2.75) is 5.41 Å². The Bertz CT molecular complexity index is 2790. The maximum atomic E-state index is 6.28. The number of hydrogen-bond donors (Lipinski definition) is 0. The molecule has 50 heavy (non-hydrogen) atoms. The van der Waals surface area contributed by atoms with Gasteiger partial charge in [0, 0.05) is 27.5 Å². The molecule has 4 nitrogen and oxygen atoms in total. The van der Waals surface area contributed by atoms with Crippen molar-refractivity contribution in [3.63, 3.8) is 0 Å². The van der Waals surface area contributed by atoms with E-state index >= 15 is 0 Å². The van der Waals surface area contributed by atoms with E-state index in [2.05, 4.69) is 127 Å². The number of para-hydroxylation sites is 1. The molecule has 232 valence electrons. The Morgan fingerprint density at radius 2 is 0.900 bits per heavy atom. The SMILES string of the molecule is c1ccc(-c2nc(-c3ccc4c(c3)oc3ccccc34)nc(-c3cccc4c3-c3ccccc3C43c4ccccc4-c4ccccc43)n2)cc1. The fourth-order valence-corrected chi connectivity index (χ4v) is 8.54. The van der Waals surface area contributed by atoms with E-state index in [-0.39, 0.29) is 0 Å². The highest BCUT2D eigenvalue weighted by Gasteiger charge is 2.52. The van der Waals surface area contributed by atoms with Gasteiger partial charge in [-0.25, -0.2) is 15.0 Å². The molecule has 11 rings (SSSR count). The Kier molecular flexibility index (Phi) is 5.56. The molecule has 0 aliphatic heterocycles. The smallest absolute Gasteiger partial charge is 0.164 e. The van der Waals surface area contributed by atoms with Gasteiger partial charge in [-0.3, -0.25) is 0 Å². The molecule has 2 aromatic heterocycles. The first-order valence-electron chi connectivity index (χ1n) is 17.0. The standard InChI is InChI=1S/C46H27N3O/c1-2-13-28(14-3-1)43-47-44(29-25-26-33-32-17-7-11-24-40(32)50-41(33)27-29)49-45(48-43)35-19-12-23-39-42(35)34-18-6-10-22-38(34)46(39)36-20-8-4-15-30(36)31-16-5-9-21-37(31)46/h1-27H. The van der Waals surface area contributed by atoms with Crippen molar-refractivity contribution in [2.24, 2.45) is 0 Å². The van der Waals surface area contributed by atoms with Crippen LogP contribution in [0.2, 0.25) is 0 Å². The van der Waals surface area contributed by atoms with Crippen LogP contribution in [0.15, 0.2) is 168 Å². The molecule has 0 N–H and O–H groups in total. The lowest BCUT2D eigenvalue weighted by Gasteiger charge is -2.30. The van der Waals surface area contributed by atoms with Crippen LogP contribution >= 0.6 is 0 Å². The predicted octanol–water partition coefficient (Wildman–Crippen LogP) is 11.1. The fourth-order valence-electron chi connectivity index (χ4n) is 8.54. The molecule has 2 aliphatic rings. The maximum Gasteiger partial charge on any atom is 0.164 e. The quantitative estimate of drug-likeness (QED) is 0.193. The third-order valence-electron chi connectivity index (χ3n) is 10.6. The van der Waals surface area contributed by atoms with Crippen LogP contribution in [0.5, 0.6) is 0 Å². The van der Waals surface area contributed by atoms with Crippen molar-refractivity contribution in [3.05, 3.63) is 186 Å². The Morgan fingerprint density at radius 1 is 0.360 bits per heavy atom. The summed E-state index contributed by atoms with van der Waals surface area (Å²) in [6.07, 6.45) is 0. The number of fused-ring (bicyclic) bond motifs is 13. The minimum atomic E-state index is -0.445. The second kappa shape index (κ2) is 10.2. The highest BCUT2D eigenvalue weighted by molar-refractivity contribution is 6.06. The zero-order chi connectivity index (χ0) is 32.8. The lowest BCUT2D eigenvalue weighted by molar-refractivity contribution is 0.669. The minimum Gasteiger partial charge on any atom is -0.456 e. The molecule has 0 unspecified atom stereocenters. The van der Waals surface area contributed by atoms with Crippen molar-refractivity contribution in [3.8, 4) is 56.4 Å². The molecule has 0 saturated heterocycles. The first-order valence-corrected chi connectivity index (χ1v) is 17.0. The van der Waals surface area contributed by atoms with Crippen LogP contribution in [0.1, 0.15) is 22.3 Å². The number of nitrogens with zero attached hydrogens (tertiary/aromatic N) is 3. The summed E-state index contributed by atoms with van der Waals surface area (Å²) in [5, 5.41) is 2.17. The monoisotopic (exact) mass is 637 g/mol. The van der Waals surface area contributed by atoms with E-state index < -0.39 is 5.41 Å². The maximum absolute atomic E-state index is 6.28. The largest absolute Gasteiger partial charge is 0.456 e. The van der Waals surface area contributed by atoms with Gasteiger partial charge in [0.05, 0.1) is 5.41 Å². The first-order chi connectivity index (χ1) is 24.8. The van der Waals surface area contributed by atoms with Gasteiger partial charge in [0.25, 0.3) is 0 Å². The summed E-state index contributed by atoms with van der Waals surface area (Å²) >= 11 is 0. The number of hydrogen-bond acceptors (Lipinski definition) is 4. The summed E-state index contributed by atoms with van der Waals surface area (Å²) < 4.78 is 6.28. The second-order valence-electron chi connectivity index (χ2n) is 13.1. The summed E-state index contributed by atoms with van der Waals surface area (Å²) in [5.41, 5.74) is 14.1. The number of furan rings is 1. The summed E-state index contributed by atoms with van der Waals surface area (Å²) in [7, 11) is 0. The third-order valence-corrected chi connectivity index (χ3v) is 10.6. The summed E-state index contributed by atoms with van der Waals surface area (Å²) in [6, 6.07) is 57.8. The van der Waals surface area contributed by atoms with Crippen molar-refractivity contribution >= 4 is 21.9 Å². The van der Waals surface area contributed by atoms with Gasteiger partial charge in [-0.15, -0.1) is 0 Å². The van der Waals surface area contributed by atoms with E-state index in [0.717, 1.165) is 38.6 Å². The van der Waals surface area contributed by atoms with Crippen molar-refractivity contribution < 1.29 is 4.42 Å². The number of rotatable bonds is 3. The molecule has 2 heterocycles. The normalized spacial score (nSPS) is 13.4. The molecular formula is C46H27N3O. The van der Waals surface area contributed by atoms with Gasteiger partial charge in [0.15, 0.2) is 17.5 Å². The predicted molar refractivity (Wildman–Crippen MR) is 200 cm³/mol. The Hall–Kier alpha value is -6.65. The molecule has 1 spiro atoms. The molecular weight excluding hydrogens is 611 g/mol. The van der Waals surface area contributed by atoms with Crippen LogP contribution in [0.25, 0.3) is 78.4 Å². The van der Waals surface area contributed by atoms with Gasteiger partial charge in [0.1, 0.15) is 11.2 Å². The molecule has 0 radical (unpaired) electrons. The van der Waals surface area contributed by atoms with Crippen molar-refractivity contribution in [1.29, 1.82) is 0 Å². The van der Waals surface area contributed by atoms with Crippen molar-refractivity contribution in [2.75, 3.05) is 0 Å². The van der Waals surface area contributed by atoms with Crippen LogP contribution < -0.4 is 0 Å². The van der Waals surface area contributed by atoms with Crippen LogP contribution in [-0.2, 0) is 5.41 Å². The van der Waals surface area contributed by atoms with E-state index in [1.54, 1.807) is 0 Å². The number of benzene rings is 7. The van der Waals surface area contributed by atoms with Gasteiger partial charge in [-0.05, 0) is 62.7 Å². The van der Waals surface area contributed by atoms with E-state index in [9.17, 15) is 0 Å². The Labute approximate surface area is 288 Å². The van der Waals surface area contributed by atoms with Gasteiger partial charge < -0.3 is 4.42 Å². The van der Waals surface area contributed by atoms with E-state index in [0.29, 0.717) is 17.5 Å². The molecule has 4 heteroatoms. The average Bonchev–Trinajstić information content (AvgIpc) is 3.82. The lowest BCUT2D eigenvalue weighted by Crippen LogP contribution is -2.25.